The second kappa shape index (κ2) is 6.23. The Labute approximate surface area is 139 Å². The molecule has 0 aliphatic heterocycles. The van der Waals surface area contributed by atoms with E-state index >= 15 is 0 Å². The number of fused-ring (bicyclic) bond motifs is 1. The van der Waals surface area contributed by atoms with Crippen LogP contribution in [0.1, 0.15) is 52.9 Å². The van der Waals surface area contributed by atoms with Crippen LogP contribution < -0.4 is 0 Å². The van der Waals surface area contributed by atoms with Gasteiger partial charge in [-0.1, -0.05) is 19.9 Å². The molecule has 0 saturated carbocycles. The van der Waals surface area contributed by atoms with Gasteiger partial charge >= 0.3 is 5.97 Å². The Morgan fingerprint density at radius 3 is 2.71 bits per heavy atom. The monoisotopic (exact) mass is 322 g/mol. The average molecular weight is 322 g/mol. The second-order valence-electron chi connectivity index (χ2n) is 5.94. The fourth-order valence-electron chi connectivity index (χ4n) is 2.48. The summed E-state index contributed by atoms with van der Waals surface area (Å²) in [6, 6.07) is 3.97. The number of rotatable bonds is 4. The molecule has 0 saturated heterocycles. The third-order valence-electron chi connectivity index (χ3n) is 3.70. The van der Waals surface area contributed by atoms with Crippen molar-refractivity contribution >= 4 is 23.8 Å². The lowest BCUT2D eigenvalue weighted by Crippen LogP contribution is -2.08. The Kier molecular flexibility index (Phi) is 4.12. The van der Waals surface area contributed by atoms with Gasteiger partial charge in [-0.25, -0.2) is 19.7 Å². The van der Waals surface area contributed by atoms with Crippen LogP contribution in [0.5, 0.6) is 0 Å². The zero-order valence-electron chi connectivity index (χ0n) is 13.8. The lowest BCUT2D eigenvalue weighted by molar-refractivity contribution is 0.0694. The van der Waals surface area contributed by atoms with E-state index in [9.17, 15) is 9.90 Å². The van der Waals surface area contributed by atoms with Gasteiger partial charge in [-0.05, 0) is 36.6 Å². The van der Waals surface area contributed by atoms with Crippen LogP contribution in [-0.2, 0) is 0 Å². The van der Waals surface area contributed by atoms with Gasteiger partial charge in [0, 0.05) is 12.4 Å². The number of nitrogens with zero attached hydrogens (tertiary/aromatic N) is 4. The first-order chi connectivity index (χ1) is 11.5. The molecule has 1 N–H and O–H groups in total. The first kappa shape index (κ1) is 15.9. The third kappa shape index (κ3) is 3.03. The van der Waals surface area contributed by atoms with E-state index in [0.717, 1.165) is 16.9 Å². The van der Waals surface area contributed by atoms with Gasteiger partial charge in [-0.2, -0.15) is 0 Å². The molecule has 0 spiro atoms. The van der Waals surface area contributed by atoms with Crippen molar-refractivity contribution in [3.05, 3.63) is 59.1 Å². The molecule has 0 fully saturated rings. The molecule has 3 aromatic rings. The fourth-order valence-corrected chi connectivity index (χ4v) is 2.48. The number of carboxylic acids is 1. The van der Waals surface area contributed by atoms with E-state index in [1.807, 2.05) is 49.6 Å². The topological polar surface area (TPSA) is 80.4 Å². The number of imidazole rings is 1. The zero-order chi connectivity index (χ0) is 17.3. The highest BCUT2D eigenvalue weighted by Crippen LogP contribution is 2.18. The van der Waals surface area contributed by atoms with Crippen LogP contribution in [0.2, 0.25) is 0 Å². The summed E-state index contributed by atoms with van der Waals surface area (Å²) in [7, 11) is 0. The van der Waals surface area contributed by atoms with Gasteiger partial charge in [0.2, 0.25) is 0 Å². The number of pyridine rings is 1. The lowest BCUT2D eigenvalue weighted by atomic mass is 10.1. The summed E-state index contributed by atoms with van der Waals surface area (Å²) in [5, 5.41) is 9.22. The summed E-state index contributed by atoms with van der Waals surface area (Å²) in [4.78, 5) is 24.1. The Balaban J connectivity index is 1.98. The predicted molar refractivity (Wildman–Crippen MR) is 91.9 cm³/mol. The molecule has 3 aromatic heterocycles. The summed E-state index contributed by atoms with van der Waals surface area (Å²) in [6.45, 7) is 5.85. The Bertz CT molecular complexity index is 941. The molecular formula is C18H18N4O2. The Morgan fingerprint density at radius 1 is 1.21 bits per heavy atom. The minimum absolute atomic E-state index is 0.00435. The van der Waals surface area contributed by atoms with Crippen molar-refractivity contribution in [3.8, 4) is 0 Å². The highest BCUT2D eigenvalue weighted by atomic mass is 16.4. The second-order valence-corrected chi connectivity index (χ2v) is 5.94. The van der Waals surface area contributed by atoms with Crippen molar-refractivity contribution in [2.45, 2.75) is 26.7 Å². The van der Waals surface area contributed by atoms with E-state index in [2.05, 4.69) is 15.0 Å². The molecule has 0 radical (unpaired) electrons. The molecule has 6 nitrogen and oxygen atoms in total. The third-order valence-corrected chi connectivity index (χ3v) is 3.70. The van der Waals surface area contributed by atoms with Gasteiger partial charge in [-0.3, -0.25) is 0 Å². The molecule has 0 unspecified atom stereocenters. The minimum Gasteiger partial charge on any atom is -0.478 e. The summed E-state index contributed by atoms with van der Waals surface area (Å²) >= 11 is 0. The molecule has 122 valence electrons. The van der Waals surface area contributed by atoms with E-state index in [4.69, 9.17) is 0 Å². The van der Waals surface area contributed by atoms with Gasteiger partial charge in [0.15, 0.2) is 5.82 Å². The molecule has 0 atom stereocenters. The molecule has 6 heteroatoms. The number of aromatic carboxylic acids is 1. The molecule has 0 amide bonds. The molecule has 0 aliphatic rings. The number of hydrogen-bond donors (Lipinski definition) is 1. The molecule has 0 aromatic carbocycles. The normalized spacial score (nSPS) is 11.7. The largest absolute Gasteiger partial charge is 0.478 e. The highest BCUT2D eigenvalue weighted by molar-refractivity contribution is 5.88. The summed E-state index contributed by atoms with van der Waals surface area (Å²) < 4.78 is 1.99. The van der Waals surface area contributed by atoms with Crippen LogP contribution in [0.3, 0.4) is 0 Å². The zero-order valence-corrected chi connectivity index (χ0v) is 13.8. The van der Waals surface area contributed by atoms with Gasteiger partial charge in [0.25, 0.3) is 0 Å². The Hall–Kier alpha value is -3.02. The van der Waals surface area contributed by atoms with Crippen LogP contribution in [0.15, 0.2) is 30.7 Å². The number of carbonyl (C=O) groups is 1. The van der Waals surface area contributed by atoms with Crippen LogP contribution in [0.25, 0.3) is 17.8 Å². The first-order valence-electron chi connectivity index (χ1n) is 7.67. The maximum absolute atomic E-state index is 11.3. The van der Waals surface area contributed by atoms with Crippen molar-refractivity contribution < 1.29 is 9.90 Å². The predicted octanol–water partition coefficient (Wildman–Crippen LogP) is 3.42. The maximum Gasteiger partial charge on any atom is 0.339 e. The molecule has 24 heavy (non-hydrogen) atoms. The van der Waals surface area contributed by atoms with Gasteiger partial charge in [0.1, 0.15) is 5.65 Å². The van der Waals surface area contributed by atoms with Gasteiger partial charge in [0.05, 0.1) is 23.1 Å². The van der Waals surface area contributed by atoms with E-state index in [1.54, 1.807) is 12.3 Å². The standard InChI is InChI=1S/C18H18N4O2/c1-11(2)17-14(18(23)24)9-19-15(21-17)6-5-13-8-20-16-7-4-12(3)10-22(13)16/h4-11H,1-3H3,(H,23,24)/b6-5+. The lowest BCUT2D eigenvalue weighted by Gasteiger charge is -2.08. The van der Waals surface area contributed by atoms with Crippen molar-refractivity contribution in [3.63, 3.8) is 0 Å². The summed E-state index contributed by atoms with van der Waals surface area (Å²) in [5.74, 6) is -0.525. The number of aryl methyl sites for hydroxylation is 1. The molecule has 0 bridgehead atoms. The molecular weight excluding hydrogens is 304 g/mol. The number of carboxylic acid groups (broad SMARTS) is 1. The summed E-state index contributed by atoms with van der Waals surface area (Å²) in [5.41, 5.74) is 3.59. The Morgan fingerprint density at radius 2 is 2.00 bits per heavy atom. The number of hydrogen-bond acceptors (Lipinski definition) is 4. The van der Waals surface area contributed by atoms with E-state index in [-0.39, 0.29) is 11.5 Å². The van der Waals surface area contributed by atoms with Gasteiger partial charge < -0.3 is 9.51 Å². The molecule has 0 aliphatic carbocycles. The molecule has 3 heterocycles. The van der Waals surface area contributed by atoms with Crippen molar-refractivity contribution in [2.75, 3.05) is 0 Å². The maximum atomic E-state index is 11.3. The van der Waals surface area contributed by atoms with E-state index < -0.39 is 5.97 Å². The fraction of sp³-hybridized carbons (Fsp3) is 0.222. The smallest absolute Gasteiger partial charge is 0.339 e. The minimum atomic E-state index is -1.01. The van der Waals surface area contributed by atoms with Crippen LogP contribution in [0, 0.1) is 6.92 Å². The van der Waals surface area contributed by atoms with Crippen molar-refractivity contribution in [1.82, 2.24) is 19.4 Å². The van der Waals surface area contributed by atoms with Crippen molar-refractivity contribution in [1.29, 1.82) is 0 Å². The van der Waals surface area contributed by atoms with Crippen LogP contribution in [0.4, 0.5) is 0 Å². The van der Waals surface area contributed by atoms with Crippen molar-refractivity contribution in [2.24, 2.45) is 0 Å². The van der Waals surface area contributed by atoms with E-state index in [1.165, 1.54) is 6.20 Å². The SMILES string of the molecule is Cc1ccc2ncc(/C=C/c3ncc(C(=O)O)c(C(C)C)n3)n2c1. The average Bonchev–Trinajstić information content (AvgIpc) is 2.94. The van der Waals surface area contributed by atoms with Gasteiger partial charge in [-0.15, -0.1) is 0 Å². The highest BCUT2D eigenvalue weighted by Gasteiger charge is 2.15. The molecule has 3 rings (SSSR count). The van der Waals surface area contributed by atoms with Crippen LogP contribution in [-0.4, -0.2) is 30.4 Å². The number of aromatic nitrogens is 4. The van der Waals surface area contributed by atoms with Crippen LogP contribution >= 0.6 is 0 Å². The first-order valence-corrected chi connectivity index (χ1v) is 7.67. The quantitative estimate of drug-likeness (QED) is 0.796. The summed E-state index contributed by atoms with van der Waals surface area (Å²) in [6.07, 6.45) is 8.79. The van der Waals surface area contributed by atoms with E-state index in [0.29, 0.717) is 11.5 Å².